The number of hydrogen-bond donors (Lipinski definition) is 1. The SMILES string of the molecule is CC(C)(C(=O)NCc1ccccc1)c1cccc(Cl)c1. The summed E-state index contributed by atoms with van der Waals surface area (Å²) in [5, 5.41) is 3.62. The monoisotopic (exact) mass is 287 g/mol. The largest absolute Gasteiger partial charge is 0.351 e. The zero-order valence-corrected chi connectivity index (χ0v) is 12.4. The predicted octanol–water partition coefficient (Wildman–Crippen LogP) is 3.93. The summed E-state index contributed by atoms with van der Waals surface area (Å²) in [5.41, 5.74) is 1.39. The second-order valence-electron chi connectivity index (χ2n) is 5.30. The normalized spacial score (nSPS) is 11.2. The molecule has 0 aliphatic carbocycles. The van der Waals surface area contributed by atoms with Crippen LogP contribution < -0.4 is 5.32 Å². The van der Waals surface area contributed by atoms with Crippen molar-refractivity contribution in [2.45, 2.75) is 25.8 Å². The third-order valence-electron chi connectivity index (χ3n) is 3.41. The molecule has 0 aliphatic rings. The van der Waals surface area contributed by atoms with Crippen LogP contribution in [0.1, 0.15) is 25.0 Å². The highest BCUT2D eigenvalue weighted by atomic mass is 35.5. The van der Waals surface area contributed by atoms with Gasteiger partial charge in [-0.05, 0) is 37.1 Å². The molecule has 0 saturated carbocycles. The molecule has 2 rings (SSSR count). The number of benzene rings is 2. The van der Waals surface area contributed by atoms with Gasteiger partial charge in [0.1, 0.15) is 0 Å². The van der Waals surface area contributed by atoms with E-state index in [0.29, 0.717) is 11.6 Å². The minimum absolute atomic E-state index is 0.0105. The quantitative estimate of drug-likeness (QED) is 0.907. The van der Waals surface area contributed by atoms with Gasteiger partial charge in [-0.25, -0.2) is 0 Å². The fourth-order valence-corrected chi connectivity index (χ4v) is 2.20. The number of halogens is 1. The molecule has 0 bridgehead atoms. The number of carbonyl (C=O) groups excluding carboxylic acids is 1. The Kier molecular flexibility index (Phi) is 4.46. The van der Waals surface area contributed by atoms with Crippen LogP contribution in [0.4, 0.5) is 0 Å². The molecule has 2 aromatic carbocycles. The third kappa shape index (κ3) is 3.40. The highest BCUT2D eigenvalue weighted by Crippen LogP contribution is 2.25. The summed E-state index contributed by atoms with van der Waals surface area (Å²) < 4.78 is 0. The van der Waals surface area contributed by atoms with E-state index in [1.807, 2.05) is 68.4 Å². The van der Waals surface area contributed by atoms with Crippen LogP contribution in [0.2, 0.25) is 5.02 Å². The van der Waals surface area contributed by atoms with E-state index in [2.05, 4.69) is 5.32 Å². The van der Waals surface area contributed by atoms with Gasteiger partial charge in [0.2, 0.25) is 5.91 Å². The summed E-state index contributed by atoms with van der Waals surface area (Å²) in [4.78, 5) is 12.4. The van der Waals surface area contributed by atoms with Crippen molar-refractivity contribution in [1.29, 1.82) is 0 Å². The number of nitrogens with one attached hydrogen (secondary N) is 1. The summed E-state index contributed by atoms with van der Waals surface area (Å²) >= 11 is 6.00. The molecular formula is C17H18ClNO. The third-order valence-corrected chi connectivity index (χ3v) is 3.64. The predicted molar refractivity (Wildman–Crippen MR) is 82.8 cm³/mol. The summed E-state index contributed by atoms with van der Waals surface area (Å²) in [7, 11) is 0. The van der Waals surface area contributed by atoms with Crippen LogP contribution in [0.15, 0.2) is 54.6 Å². The fraction of sp³-hybridized carbons (Fsp3) is 0.235. The molecule has 2 aromatic rings. The Bertz CT molecular complexity index is 593. The van der Waals surface area contributed by atoms with Gasteiger partial charge in [-0.3, -0.25) is 4.79 Å². The van der Waals surface area contributed by atoms with Crippen LogP contribution in [-0.2, 0) is 16.8 Å². The second-order valence-corrected chi connectivity index (χ2v) is 5.74. The first-order valence-corrected chi connectivity index (χ1v) is 6.96. The van der Waals surface area contributed by atoms with E-state index in [9.17, 15) is 4.79 Å². The molecule has 20 heavy (non-hydrogen) atoms. The Balaban J connectivity index is 2.07. The lowest BCUT2D eigenvalue weighted by atomic mass is 9.83. The van der Waals surface area contributed by atoms with Crippen molar-refractivity contribution in [1.82, 2.24) is 5.32 Å². The Morgan fingerprint density at radius 2 is 1.80 bits per heavy atom. The van der Waals surface area contributed by atoms with Crippen LogP contribution in [0.5, 0.6) is 0 Å². The van der Waals surface area contributed by atoms with E-state index >= 15 is 0 Å². The Morgan fingerprint density at radius 3 is 2.45 bits per heavy atom. The molecule has 0 fully saturated rings. The van der Waals surface area contributed by atoms with E-state index in [0.717, 1.165) is 11.1 Å². The van der Waals surface area contributed by atoms with Crippen molar-refractivity contribution in [2.75, 3.05) is 0 Å². The molecule has 1 N–H and O–H groups in total. The average Bonchev–Trinajstić information content (AvgIpc) is 2.45. The molecular weight excluding hydrogens is 270 g/mol. The van der Waals surface area contributed by atoms with Crippen molar-refractivity contribution in [3.8, 4) is 0 Å². The molecule has 0 aromatic heterocycles. The summed E-state index contributed by atoms with van der Waals surface area (Å²) in [5.74, 6) is -0.0105. The number of amides is 1. The van der Waals surface area contributed by atoms with E-state index < -0.39 is 5.41 Å². The number of rotatable bonds is 4. The highest BCUT2D eigenvalue weighted by Gasteiger charge is 2.29. The smallest absolute Gasteiger partial charge is 0.230 e. The van der Waals surface area contributed by atoms with E-state index in [-0.39, 0.29) is 5.91 Å². The average molecular weight is 288 g/mol. The molecule has 104 valence electrons. The molecule has 0 unspecified atom stereocenters. The van der Waals surface area contributed by atoms with Gasteiger partial charge in [0, 0.05) is 11.6 Å². The van der Waals surface area contributed by atoms with Crippen LogP contribution in [0.25, 0.3) is 0 Å². The first-order valence-electron chi connectivity index (χ1n) is 6.58. The van der Waals surface area contributed by atoms with E-state index in [4.69, 9.17) is 11.6 Å². The zero-order valence-electron chi connectivity index (χ0n) is 11.7. The maximum Gasteiger partial charge on any atom is 0.230 e. The lowest BCUT2D eigenvalue weighted by Crippen LogP contribution is -2.39. The van der Waals surface area contributed by atoms with E-state index in [1.54, 1.807) is 0 Å². The first kappa shape index (κ1) is 14.6. The zero-order chi connectivity index (χ0) is 14.6. The molecule has 0 aliphatic heterocycles. The molecule has 0 saturated heterocycles. The molecule has 0 radical (unpaired) electrons. The lowest BCUT2D eigenvalue weighted by molar-refractivity contribution is -0.125. The van der Waals surface area contributed by atoms with Gasteiger partial charge in [0.15, 0.2) is 0 Å². The van der Waals surface area contributed by atoms with Gasteiger partial charge in [0.05, 0.1) is 5.41 Å². The van der Waals surface area contributed by atoms with Crippen molar-refractivity contribution < 1.29 is 4.79 Å². The molecule has 0 atom stereocenters. The summed E-state index contributed by atoms with van der Waals surface area (Å²) in [6, 6.07) is 17.3. The molecule has 0 heterocycles. The van der Waals surface area contributed by atoms with Gasteiger partial charge < -0.3 is 5.32 Å². The second kappa shape index (κ2) is 6.10. The van der Waals surface area contributed by atoms with Crippen molar-refractivity contribution in [2.24, 2.45) is 0 Å². The van der Waals surface area contributed by atoms with Crippen molar-refractivity contribution in [3.63, 3.8) is 0 Å². The van der Waals surface area contributed by atoms with E-state index in [1.165, 1.54) is 0 Å². The van der Waals surface area contributed by atoms with Gasteiger partial charge in [-0.15, -0.1) is 0 Å². The number of hydrogen-bond acceptors (Lipinski definition) is 1. The van der Waals surface area contributed by atoms with Gasteiger partial charge in [-0.2, -0.15) is 0 Å². The maximum absolute atomic E-state index is 12.4. The minimum Gasteiger partial charge on any atom is -0.351 e. The number of carbonyl (C=O) groups is 1. The first-order chi connectivity index (χ1) is 9.50. The molecule has 1 amide bonds. The van der Waals surface area contributed by atoms with Crippen LogP contribution in [0.3, 0.4) is 0 Å². The Morgan fingerprint density at radius 1 is 1.10 bits per heavy atom. The van der Waals surface area contributed by atoms with Crippen molar-refractivity contribution in [3.05, 3.63) is 70.7 Å². The topological polar surface area (TPSA) is 29.1 Å². The van der Waals surface area contributed by atoms with Gasteiger partial charge >= 0.3 is 0 Å². The van der Waals surface area contributed by atoms with Crippen LogP contribution in [-0.4, -0.2) is 5.91 Å². The highest BCUT2D eigenvalue weighted by molar-refractivity contribution is 6.30. The van der Waals surface area contributed by atoms with Crippen LogP contribution >= 0.6 is 11.6 Å². The minimum atomic E-state index is -0.611. The maximum atomic E-state index is 12.4. The standard InChI is InChI=1S/C17H18ClNO/c1-17(2,14-9-6-10-15(18)11-14)16(20)19-12-13-7-4-3-5-8-13/h3-11H,12H2,1-2H3,(H,19,20). The molecule has 0 spiro atoms. The molecule has 2 nitrogen and oxygen atoms in total. The van der Waals surface area contributed by atoms with Gasteiger partial charge in [0.25, 0.3) is 0 Å². The fourth-order valence-electron chi connectivity index (χ4n) is 2.01. The summed E-state index contributed by atoms with van der Waals surface area (Å²) in [6.07, 6.45) is 0. The molecule has 3 heteroatoms. The van der Waals surface area contributed by atoms with Crippen LogP contribution in [0, 0.1) is 0 Å². The van der Waals surface area contributed by atoms with Crippen molar-refractivity contribution >= 4 is 17.5 Å². The summed E-state index contributed by atoms with van der Waals surface area (Å²) in [6.45, 7) is 4.33. The Labute approximate surface area is 124 Å². The Hall–Kier alpha value is -1.80. The van der Waals surface area contributed by atoms with Gasteiger partial charge in [-0.1, -0.05) is 54.1 Å². The lowest BCUT2D eigenvalue weighted by Gasteiger charge is -2.24.